The summed E-state index contributed by atoms with van der Waals surface area (Å²) in [6, 6.07) is 7.97. The third-order valence-electron chi connectivity index (χ3n) is 4.12. The molecule has 1 fully saturated rings. The fraction of sp³-hybridized carbons (Fsp3) is 0.278. The van der Waals surface area contributed by atoms with Gasteiger partial charge in [-0.2, -0.15) is 0 Å². The van der Waals surface area contributed by atoms with Crippen LogP contribution in [0.1, 0.15) is 28.8 Å². The Balaban J connectivity index is 1.87. The molecule has 0 bridgehead atoms. The highest BCUT2D eigenvalue weighted by atomic mass is 35.5. The van der Waals surface area contributed by atoms with Crippen molar-refractivity contribution in [1.82, 2.24) is 0 Å². The van der Waals surface area contributed by atoms with Crippen LogP contribution in [0, 0.1) is 17.0 Å². The molecule has 1 saturated carbocycles. The zero-order valence-electron chi connectivity index (χ0n) is 14.3. The number of amides is 1. The molecule has 0 radical (unpaired) electrons. The average Bonchev–Trinajstić information content (AvgIpc) is 3.42. The molecule has 1 aliphatic rings. The van der Waals surface area contributed by atoms with Crippen molar-refractivity contribution < 1.29 is 14.5 Å². The van der Waals surface area contributed by atoms with E-state index < -0.39 is 10.8 Å². The Morgan fingerprint density at radius 3 is 2.62 bits per heavy atom. The fourth-order valence-electron chi connectivity index (χ4n) is 2.52. The van der Waals surface area contributed by atoms with Gasteiger partial charge in [0.1, 0.15) is 11.4 Å². The molecule has 8 heteroatoms. The van der Waals surface area contributed by atoms with Gasteiger partial charge in [0.05, 0.1) is 17.7 Å². The summed E-state index contributed by atoms with van der Waals surface area (Å²) < 4.78 is 5.23. The van der Waals surface area contributed by atoms with Gasteiger partial charge in [-0.05, 0) is 43.5 Å². The van der Waals surface area contributed by atoms with Crippen molar-refractivity contribution >= 4 is 34.6 Å². The number of carbonyl (C=O) groups is 1. The van der Waals surface area contributed by atoms with Gasteiger partial charge in [0.2, 0.25) is 0 Å². The zero-order chi connectivity index (χ0) is 18.8. The third kappa shape index (κ3) is 3.88. The largest absolute Gasteiger partial charge is 0.495 e. The lowest BCUT2D eigenvalue weighted by molar-refractivity contribution is -0.384. The maximum Gasteiger partial charge on any atom is 0.293 e. The van der Waals surface area contributed by atoms with Crippen molar-refractivity contribution in [3.8, 4) is 5.75 Å². The molecule has 1 amide bonds. The lowest BCUT2D eigenvalue weighted by Gasteiger charge is -2.13. The van der Waals surface area contributed by atoms with Crippen LogP contribution in [-0.4, -0.2) is 24.0 Å². The molecule has 136 valence electrons. The summed E-state index contributed by atoms with van der Waals surface area (Å²) in [6.07, 6.45) is 1.99. The topological polar surface area (TPSA) is 93.5 Å². The SMILES string of the molecule is COc1cc(Cl)c(C)cc1NC(=O)c1ccc(NC2CC2)c([N+](=O)[O-])c1. The van der Waals surface area contributed by atoms with Crippen LogP contribution in [0.15, 0.2) is 30.3 Å². The summed E-state index contributed by atoms with van der Waals surface area (Å²) in [7, 11) is 1.47. The Hall–Kier alpha value is -2.80. The normalized spacial score (nSPS) is 13.2. The first kappa shape index (κ1) is 18.0. The van der Waals surface area contributed by atoms with Gasteiger partial charge in [0.15, 0.2) is 0 Å². The lowest BCUT2D eigenvalue weighted by Crippen LogP contribution is -2.14. The molecule has 2 aromatic carbocycles. The summed E-state index contributed by atoms with van der Waals surface area (Å²) >= 11 is 6.06. The predicted molar refractivity (Wildman–Crippen MR) is 100 cm³/mol. The van der Waals surface area contributed by atoms with Crippen LogP contribution in [0.4, 0.5) is 17.1 Å². The number of hydrogen-bond donors (Lipinski definition) is 2. The highest BCUT2D eigenvalue weighted by Crippen LogP contribution is 2.33. The highest BCUT2D eigenvalue weighted by molar-refractivity contribution is 6.31. The Morgan fingerprint density at radius 1 is 1.27 bits per heavy atom. The van der Waals surface area contributed by atoms with Crippen molar-refractivity contribution in [3.63, 3.8) is 0 Å². The molecule has 26 heavy (non-hydrogen) atoms. The van der Waals surface area contributed by atoms with Crippen molar-refractivity contribution in [2.45, 2.75) is 25.8 Å². The Kier molecular flexibility index (Phi) is 4.99. The highest BCUT2D eigenvalue weighted by Gasteiger charge is 2.25. The first-order valence-electron chi connectivity index (χ1n) is 8.09. The van der Waals surface area contributed by atoms with Gasteiger partial charge in [-0.15, -0.1) is 0 Å². The molecular weight excluding hydrogens is 358 g/mol. The fourth-order valence-corrected chi connectivity index (χ4v) is 2.67. The second kappa shape index (κ2) is 7.21. The molecule has 0 aliphatic heterocycles. The zero-order valence-corrected chi connectivity index (χ0v) is 15.1. The number of methoxy groups -OCH3 is 1. The average molecular weight is 376 g/mol. The van der Waals surface area contributed by atoms with E-state index in [1.165, 1.54) is 13.2 Å². The number of rotatable bonds is 6. The number of ether oxygens (including phenoxy) is 1. The molecule has 0 saturated heterocycles. The minimum absolute atomic E-state index is 0.121. The number of nitrogens with one attached hydrogen (secondary N) is 2. The minimum Gasteiger partial charge on any atom is -0.495 e. The molecular formula is C18H18ClN3O4. The Morgan fingerprint density at radius 2 is 2.00 bits per heavy atom. The van der Waals surface area contributed by atoms with Gasteiger partial charge in [0, 0.05) is 28.8 Å². The predicted octanol–water partition coefficient (Wildman–Crippen LogP) is 4.39. The van der Waals surface area contributed by atoms with Crippen LogP contribution >= 0.6 is 11.6 Å². The number of nitro groups is 1. The molecule has 0 heterocycles. The van der Waals surface area contributed by atoms with E-state index in [1.807, 2.05) is 0 Å². The first-order valence-corrected chi connectivity index (χ1v) is 8.47. The van der Waals surface area contributed by atoms with Gasteiger partial charge >= 0.3 is 0 Å². The molecule has 0 spiro atoms. The monoisotopic (exact) mass is 375 g/mol. The van der Waals surface area contributed by atoms with E-state index in [9.17, 15) is 14.9 Å². The first-order chi connectivity index (χ1) is 12.4. The molecule has 0 aromatic heterocycles. The van der Waals surface area contributed by atoms with E-state index in [2.05, 4.69) is 10.6 Å². The number of nitrogens with zero attached hydrogens (tertiary/aromatic N) is 1. The van der Waals surface area contributed by atoms with Crippen LogP contribution in [0.3, 0.4) is 0 Å². The summed E-state index contributed by atoms with van der Waals surface area (Å²) in [6.45, 7) is 1.81. The summed E-state index contributed by atoms with van der Waals surface area (Å²) in [5.74, 6) is -0.0541. The summed E-state index contributed by atoms with van der Waals surface area (Å²) in [5.41, 5.74) is 1.71. The standard InChI is InChI=1S/C18H18ClN3O4/c1-10-7-15(17(26-2)9-13(10)19)21-18(23)11-3-6-14(20-12-4-5-12)16(8-11)22(24)25/h3,6-9,12,20H,4-5H2,1-2H3,(H,21,23). The maximum atomic E-state index is 12.6. The molecule has 1 aliphatic carbocycles. The van der Waals surface area contributed by atoms with Crippen molar-refractivity contribution in [3.05, 3.63) is 56.6 Å². The van der Waals surface area contributed by atoms with Crippen LogP contribution in [-0.2, 0) is 0 Å². The van der Waals surface area contributed by atoms with Gasteiger partial charge in [0.25, 0.3) is 11.6 Å². The second-order valence-electron chi connectivity index (χ2n) is 6.16. The Labute approximate surface area is 155 Å². The van der Waals surface area contributed by atoms with Gasteiger partial charge in [-0.1, -0.05) is 11.6 Å². The Bertz CT molecular complexity index is 881. The second-order valence-corrected chi connectivity index (χ2v) is 6.57. The van der Waals surface area contributed by atoms with Crippen molar-refractivity contribution in [2.75, 3.05) is 17.7 Å². The van der Waals surface area contributed by atoms with E-state index in [1.54, 1.807) is 31.2 Å². The van der Waals surface area contributed by atoms with E-state index in [0.717, 1.165) is 18.4 Å². The van der Waals surface area contributed by atoms with E-state index in [0.29, 0.717) is 22.1 Å². The van der Waals surface area contributed by atoms with Gasteiger partial charge in [-0.25, -0.2) is 0 Å². The van der Waals surface area contributed by atoms with Crippen molar-refractivity contribution in [2.24, 2.45) is 0 Å². The molecule has 2 N–H and O–H groups in total. The number of aryl methyl sites for hydroxylation is 1. The number of anilines is 2. The molecule has 0 atom stereocenters. The molecule has 0 unspecified atom stereocenters. The molecule has 7 nitrogen and oxygen atoms in total. The number of halogens is 1. The van der Waals surface area contributed by atoms with Crippen LogP contribution in [0.5, 0.6) is 5.75 Å². The van der Waals surface area contributed by atoms with E-state index in [-0.39, 0.29) is 17.3 Å². The number of nitro benzene ring substituents is 1. The lowest BCUT2D eigenvalue weighted by atomic mass is 10.1. The van der Waals surface area contributed by atoms with E-state index in [4.69, 9.17) is 16.3 Å². The van der Waals surface area contributed by atoms with Crippen LogP contribution in [0.2, 0.25) is 5.02 Å². The van der Waals surface area contributed by atoms with Gasteiger partial charge < -0.3 is 15.4 Å². The maximum absolute atomic E-state index is 12.6. The van der Waals surface area contributed by atoms with Crippen LogP contribution in [0.25, 0.3) is 0 Å². The van der Waals surface area contributed by atoms with E-state index >= 15 is 0 Å². The molecule has 3 rings (SSSR count). The number of carbonyl (C=O) groups excluding carboxylic acids is 1. The number of hydrogen-bond acceptors (Lipinski definition) is 5. The smallest absolute Gasteiger partial charge is 0.293 e. The van der Waals surface area contributed by atoms with Crippen LogP contribution < -0.4 is 15.4 Å². The number of benzene rings is 2. The van der Waals surface area contributed by atoms with Gasteiger partial charge in [-0.3, -0.25) is 14.9 Å². The quantitative estimate of drug-likeness (QED) is 0.576. The third-order valence-corrected chi connectivity index (χ3v) is 4.53. The molecule has 2 aromatic rings. The summed E-state index contributed by atoms with van der Waals surface area (Å²) in [5, 5.41) is 17.7. The summed E-state index contributed by atoms with van der Waals surface area (Å²) in [4.78, 5) is 23.4. The van der Waals surface area contributed by atoms with Crippen molar-refractivity contribution in [1.29, 1.82) is 0 Å². The minimum atomic E-state index is -0.492.